The fraction of sp³-hybridized carbons (Fsp3) is 0.480. The number of nitrogens with zero attached hydrogens (tertiary/aromatic N) is 2. The number of β-amino-alcohol motifs (C(OH)–C–C–N with tert-alkyl or cyclic N) is 1. The van der Waals surface area contributed by atoms with Crippen molar-refractivity contribution in [2.45, 2.75) is 33.7 Å². The maximum Gasteiger partial charge on any atom is 0.310 e. The van der Waals surface area contributed by atoms with Crippen LogP contribution in [0.4, 0.5) is 5.69 Å². The zero-order chi connectivity index (χ0) is 25.3. The Morgan fingerprint density at radius 1 is 1.34 bits per heavy atom. The standard InChI is InChI=1S/C25H28BrClN2O5S/c1-3-5-13-34-24(33)18-19-22(31)29(11-12-30)21(25(19)14-15(26)20(18)35-25)23(32)28(10-4-2)17-9-7-6-8-16(17)27/h3-4,6-9,15,18-21,30H,1-2,5,10-14H2/t15?,18-,19-,20-,21?,25?/m0/s1. The number of halogens is 2. The lowest BCUT2D eigenvalue weighted by molar-refractivity contribution is -0.154. The van der Waals surface area contributed by atoms with Gasteiger partial charge in [0.1, 0.15) is 6.04 Å². The predicted octanol–water partition coefficient (Wildman–Crippen LogP) is 3.44. The van der Waals surface area contributed by atoms with Gasteiger partial charge in [-0.05, 0) is 25.0 Å². The van der Waals surface area contributed by atoms with Gasteiger partial charge in [-0.1, -0.05) is 51.8 Å². The number of ether oxygens (including phenoxy) is 1. The minimum Gasteiger partial charge on any atom is -0.465 e. The number of hydrogen-bond acceptors (Lipinski definition) is 6. The second kappa shape index (κ2) is 10.7. The highest BCUT2D eigenvalue weighted by Crippen LogP contribution is 2.68. The molecular formula is C25H28BrClN2O5S. The molecule has 0 saturated carbocycles. The number of likely N-dealkylation sites (tertiary alicyclic amines) is 1. The highest BCUT2D eigenvalue weighted by atomic mass is 79.9. The molecule has 3 heterocycles. The Kier molecular flexibility index (Phi) is 8.00. The van der Waals surface area contributed by atoms with Crippen molar-refractivity contribution in [1.82, 2.24) is 4.90 Å². The summed E-state index contributed by atoms with van der Waals surface area (Å²) in [6.45, 7) is 7.52. The van der Waals surface area contributed by atoms with Gasteiger partial charge >= 0.3 is 5.97 Å². The first-order chi connectivity index (χ1) is 16.8. The number of thioether (sulfide) groups is 1. The number of aliphatic hydroxyl groups is 1. The number of carbonyl (C=O) groups is 3. The number of aliphatic hydroxyl groups excluding tert-OH is 1. The molecule has 3 aliphatic rings. The maximum absolute atomic E-state index is 14.2. The van der Waals surface area contributed by atoms with E-state index in [1.165, 1.54) is 21.6 Å². The summed E-state index contributed by atoms with van der Waals surface area (Å²) >= 11 is 11.7. The predicted molar refractivity (Wildman–Crippen MR) is 141 cm³/mol. The normalized spacial score (nSPS) is 30.8. The number of para-hydroxylation sites is 1. The molecule has 3 unspecified atom stereocenters. The van der Waals surface area contributed by atoms with Gasteiger partial charge in [-0.15, -0.1) is 24.9 Å². The lowest BCUT2D eigenvalue weighted by Crippen LogP contribution is -2.56. The first-order valence-corrected chi connectivity index (χ1v) is 13.7. The average Bonchev–Trinajstić information content (AvgIpc) is 3.42. The van der Waals surface area contributed by atoms with E-state index in [1.807, 2.05) is 0 Å². The smallest absolute Gasteiger partial charge is 0.310 e. The second-order valence-corrected chi connectivity index (χ2v) is 12.0. The molecule has 1 aromatic rings. The van der Waals surface area contributed by atoms with Crippen LogP contribution in [0, 0.1) is 11.8 Å². The van der Waals surface area contributed by atoms with Gasteiger partial charge in [-0.25, -0.2) is 0 Å². The van der Waals surface area contributed by atoms with Gasteiger partial charge in [-0.2, -0.15) is 0 Å². The van der Waals surface area contributed by atoms with Crippen LogP contribution >= 0.6 is 39.3 Å². The number of benzene rings is 1. The van der Waals surface area contributed by atoms with E-state index in [0.29, 0.717) is 23.6 Å². The number of hydrogen-bond donors (Lipinski definition) is 1. The minimum absolute atomic E-state index is 0.00560. The number of carbonyl (C=O) groups excluding carboxylic acids is 3. The number of esters is 1. The van der Waals surface area contributed by atoms with Gasteiger partial charge in [0.2, 0.25) is 5.91 Å². The van der Waals surface area contributed by atoms with E-state index in [1.54, 1.807) is 36.4 Å². The Bertz CT molecular complexity index is 1040. The van der Waals surface area contributed by atoms with Gasteiger partial charge < -0.3 is 19.6 Å². The fourth-order valence-electron chi connectivity index (χ4n) is 5.62. The molecule has 3 aliphatic heterocycles. The summed E-state index contributed by atoms with van der Waals surface area (Å²) in [6.07, 6.45) is 4.33. The average molecular weight is 584 g/mol. The van der Waals surface area contributed by atoms with Gasteiger partial charge in [0.15, 0.2) is 0 Å². The molecule has 1 spiro atoms. The molecule has 2 bridgehead atoms. The van der Waals surface area contributed by atoms with E-state index in [9.17, 15) is 19.5 Å². The summed E-state index contributed by atoms with van der Waals surface area (Å²) in [5, 5.41) is 9.98. The van der Waals surface area contributed by atoms with E-state index in [4.69, 9.17) is 16.3 Å². The zero-order valence-corrected chi connectivity index (χ0v) is 22.3. The van der Waals surface area contributed by atoms with Gasteiger partial charge in [-0.3, -0.25) is 14.4 Å². The Labute approximate surface area is 222 Å². The Hall–Kier alpha value is -1.81. The van der Waals surface area contributed by atoms with Crippen LogP contribution < -0.4 is 4.90 Å². The van der Waals surface area contributed by atoms with E-state index in [-0.39, 0.29) is 48.2 Å². The van der Waals surface area contributed by atoms with Crippen molar-refractivity contribution in [3.05, 3.63) is 54.6 Å². The summed E-state index contributed by atoms with van der Waals surface area (Å²) in [5.41, 5.74) is 0.517. The van der Waals surface area contributed by atoms with Crippen LogP contribution in [0.2, 0.25) is 5.02 Å². The van der Waals surface area contributed by atoms with E-state index < -0.39 is 28.6 Å². The lowest BCUT2D eigenvalue weighted by Gasteiger charge is -2.37. The molecule has 188 valence electrons. The number of fused-ring (bicyclic) bond motifs is 1. The molecule has 0 radical (unpaired) electrons. The summed E-state index contributed by atoms with van der Waals surface area (Å²) < 4.78 is 4.66. The molecule has 1 N–H and O–H groups in total. The van der Waals surface area contributed by atoms with Gasteiger partial charge in [0.05, 0.1) is 40.5 Å². The molecule has 35 heavy (non-hydrogen) atoms. The molecule has 1 aromatic carbocycles. The third-order valence-corrected chi connectivity index (χ3v) is 10.5. The summed E-state index contributed by atoms with van der Waals surface area (Å²) in [4.78, 5) is 44.0. The molecule has 4 rings (SSSR count). The molecule has 6 atom stereocenters. The summed E-state index contributed by atoms with van der Waals surface area (Å²) in [6, 6.07) is 6.15. The van der Waals surface area contributed by atoms with Crippen LogP contribution in [-0.4, -0.2) is 75.0 Å². The minimum atomic E-state index is -0.871. The molecule has 3 fully saturated rings. The summed E-state index contributed by atoms with van der Waals surface area (Å²) in [7, 11) is 0. The van der Waals surface area contributed by atoms with Crippen LogP contribution in [-0.2, 0) is 19.1 Å². The Morgan fingerprint density at radius 2 is 2.09 bits per heavy atom. The highest BCUT2D eigenvalue weighted by molar-refractivity contribution is 9.09. The fourth-order valence-corrected chi connectivity index (χ4v) is 9.45. The molecule has 7 nitrogen and oxygen atoms in total. The zero-order valence-electron chi connectivity index (χ0n) is 19.1. The molecule has 0 aliphatic carbocycles. The molecular weight excluding hydrogens is 556 g/mol. The van der Waals surface area contributed by atoms with Crippen molar-refractivity contribution in [2.24, 2.45) is 11.8 Å². The van der Waals surface area contributed by atoms with Gasteiger partial charge in [0, 0.05) is 23.2 Å². The van der Waals surface area contributed by atoms with Crippen molar-refractivity contribution in [1.29, 1.82) is 0 Å². The maximum atomic E-state index is 14.2. The van der Waals surface area contributed by atoms with E-state index >= 15 is 0 Å². The van der Waals surface area contributed by atoms with Crippen LogP contribution in [0.1, 0.15) is 12.8 Å². The molecule has 10 heteroatoms. The number of alkyl halides is 1. The Balaban J connectivity index is 1.75. The first kappa shape index (κ1) is 26.3. The van der Waals surface area contributed by atoms with Crippen molar-refractivity contribution >= 4 is 62.8 Å². The Morgan fingerprint density at radius 3 is 2.74 bits per heavy atom. The summed E-state index contributed by atoms with van der Waals surface area (Å²) in [5.74, 6) is -2.42. The van der Waals surface area contributed by atoms with Crippen molar-refractivity contribution in [3.8, 4) is 0 Å². The molecule has 0 aromatic heterocycles. The van der Waals surface area contributed by atoms with Crippen LogP contribution in [0.25, 0.3) is 0 Å². The van der Waals surface area contributed by atoms with E-state index in [2.05, 4.69) is 29.1 Å². The van der Waals surface area contributed by atoms with Crippen molar-refractivity contribution < 1.29 is 24.2 Å². The largest absolute Gasteiger partial charge is 0.465 e. The number of anilines is 1. The number of rotatable bonds is 10. The number of amides is 2. The third kappa shape index (κ3) is 4.34. The van der Waals surface area contributed by atoms with E-state index in [0.717, 1.165) is 0 Å². The highest BCUT2D eigenvalue weighted by Gasteiger charge is 2.76. The van der Waals surface area contributed by atoms with Crippen LogP contribution in [0.3, 0.4) is 0 Å². The second-order valence-electron chi connectivity index (χ2n) is 8.85. The monoisotopic (exact) mass is 582 g/mol. The SMILES string of the molecule is C=CCCOC(=O)[C@H]1[C@H]2C(=O)N(CCO)C(C(=O)N(CC=C)c3ccccc3Cl)C23CC(Br)[C@@H]1S3. The van der Waals surface area contributed by atoms with Crippen molar-refractivity contribution in [2.75, 3.05) is 31.2 Å². The third-order valence-electron chi connectivity index (χ3n) is 6.92. The quantitative estimate of drug-likeness (QED) is 0.197. The van der Waals surface area contributed by atoms with Crippen LogP contribution in [0.15, 0.2) is 49.6 Å². The van der Waals surface area contributed by atoms with Crippen LogP contribution in [0.5, 0.6) is 0 Å². The van der Waals surface area contributed by atoms with Crippen molar-refractivity contribution in [3.63, 3.8) is 0 Å². The first-order valence-electron chi connectivity index (χ1n) is 11.5. The lowest BCUT2D eigenvalue weighted by atomic mass is 9.71. The van der Waals surface area contributed by atoms with Gasteiger partial charge in [0.25, 0.3) is 5.91 Å². The molecule has 2 amide bonds. The topological polar surface area (TPSA) is 87.1 Å². The molecule has 3 saturated heterocycles.